The fourth-order valence-corrected chi connectivity index (χ4v) is 7.37. The minimum atomic E-state index is 0.0220. The number of H-pyrrole nitrogens is 2. The summed E-state index contributed by atoms with van der Waals surface area (Å²) in [6.07, 6.45) is 5.66. The summed E-state index contributed by atoms with van der Waals surface area (Å²) in [6.45, 7) is 28.4. The lowest BCUT2D eigenvalue weighted by Gasteiger charge is -2.30. The van der Waals surface area contributed by atoms with Crippen LogP contribution in [0, 0.1) is 13.8 Å². The van der Waals surface area contributed by atoms with Crippen LogP contribution in [0.15, 0.2) is 37.4 Å². The number of rotatable bonds is 13. The summed E-state index contributed by atoms with van der Waals surface area (Å²) >= 11 is 0. The number of carbonyl (C=O) groups excluding carboxylic acids is 2. The Kier molecular flexibility index (Phi) is 11.5. The topological polar surface area (TPSA) is 107 Å². The molecular weight excluding hydrogens is 633 g/mol. The Hall–Kier alpha value is -4.82. The lowest BCUT2D eigenvalue weighted by atomic mass is 9.97. The van der Waals surface area contributed by atoms with E-state index in [1.165, 1.54) is 0 Å². The summed E-state index contributed by atoms with van der Waals surface area (Å²) in [5, 5.41) is 3.14. The Morgan fingerprint density at radius 2 is 1.20 bits per heavy atom. The van der Waals surface area contributed by atoms with E-state index in [1.54, 1.807) is 6.92 Å². The smallest absolute Gasteiger partial charge is 0.220 e. The predicted molar refractivity (Wildman–Crippen MR) is 215 cm³/mol. The molecule has 0 aliphatic carbocycles. The summed E-state index contributed by atoms with van der Waals surface area (Å²) in [5.41, 5.74) is 15.4. The number of allylic oxidation sites excluding steroid dienone is 4. The molecule has 5 rings (SSSR count). The largest absolute Gasteiger partial charge is 0.355 e. The van der Waals surface area contributed by atoms with Gasteiger partial charge in [-0.2, -0.15) is 0 Å². The predicted octanol–water partition coefficient (Wildman–Crippen LogP) is 9.46. The van der Waals surface area contributed by atoms with Crippen LogP contribution in [0.2, 0.25) is 0 Å². The number of aryl methyl sites for hydroxylation is 2. The first-order valence-corrected chi connectivity index (χ1v) is 18.2. The molecule has 5 heterocycles. The Labute approximate surface area is 302 Å². The van der Waals surface area contributed by atoms with E-state index < -0.39 is 0 Å². The van der Waals surface area contributed by atoms with Crippen LogP contribution in [-0.4, -0.2) is 61.7 Å². The van der Waals surface area contributed by atoms with Crippen molar-refractivity contribution in [3.8, 4) is 0 Å². The molecule has 0 saturated heterocycles. The minimum absolute atomic E-state index is 0.0220. The van der Waals surface area contributed by atoms with E-state index in [2.05, 4.69) is 107 Å². The standard InChI is InChI=1S/C43H54N6O2/c1-12-31-27(8)35-20-36-30(11)34(16-17-43(51)44-18-19-49(24(3)4)25(5)6)42(47-36)23-41-33(15-14-26(7)50)29(10)38(48-41)22-40-32(13-2)28(9)37(46-40)21-39(31)45-35/h12-13,20-25,45-46H,1-2,14-19H2,3-11H3,(H,44,51). The molecule has 8 nitrogen and oxygen atoms in total. The monoisotopic (exact) mass is 686 g/mol. The molecule has 8 heteroatoms. The summed E-state index contributed by atoms with van der Waals surface area (Å²) < 4.78 is 0. The molecule has 0 atom stereocenters. The highest BCUT2D eigenvalue weighted by atomic mass is 16.1. The van der Waals surface area contributed by atoms with Crippen molar-refractivity contribution in [3.63, 3.8) is 0 Å². The van der Waals surface area contributed by atoms with Crippen LogP contribution in [0.25, 0.3) is 56.5 Å². The number of nitrogens with one attached hydrogen (secondary N) is 3. The second-order valence-corrected chi connectivity index (χ2v) is 14.4. The first kappa shape index (κ1) is 37.4. The number of ketones is 1. The molecule has 3 N–H and O–H groups in total. The molecule has 0 fully saturated rings. The van der Waals surface area contributed by atoms with Crippen molar-refractivity contribution in [1.82, 2.24) is 30.2 Å². The summed E-state index contributed by atoms with van der Waals surface area (Å²) in [7, 11) is 0. The van der Waals surface area contributed by atoms with Gasteiger partial charge in [-0.15, -0.1) is 0 Å². The van der Waals surface area contributed by atoms with E-state index in [0.29, 0.717) is 44.3 Å². The Balaban J connectivity index is 1.67. The van der Waals surface area contributed by atoms with E-state index in [4.69, 9.17) is 9.97 Å². The Morgan fingerprint density at radius 3 is 1.69 bits per heavy atom. The summed E-state index contributed by atoms with van der Waals surface area (Å²) in [5.74, 6) is 0.156. The van der Waals surface area contributed by atoms with E-state index >= 15 is 0 Å². The molecule has 268 valence electrons. The molecule has 0 unspecified atom stereocenters. The number of hydrogen-bond acceptors (Lipinski definition) is 5. The highest BCUT2D eigenvalue weighted by Crippen LogP contribution is 2.38. The van der Waals surface area contributed by atoms with Gasteiger partial charge in [-0.1, -0.05) is 25.3 Å². The maximum Gasteiger partial charge on any atom is 0.220 e. The number of fused-ring (bicyclic) bond motifs is 8. The fraction of sp³-hybridized carbons (Fsp3) is 0.395. The van der Waals surface area contributed by atoms with Crippen molar-refractivity contribution >= 4 is 68.2 Å². The van der Waals surface area contributed by atoms with Crippen molar-refractivity contribution in [2.75, 3.05) is 13.1 Å². The van der Waals surface area contributed by atoms with Crippen LogP contribution < -0.4 is 5.32 Å². The van der Waals surface area contributed by atoms with Crippen molar-refractivity contribution in [3.05, 3.63) is 82.5 Å². The molecule has 2 aliphatic heterocycles. The van der Waals surface area contributed by atoms with Crippen molar-refractivity contribution in [2.45, 2.75) is 100 Å². The second-order valence-electron chi connectivity index (χ2n) is 14.4. The molecule has 0 spiro atoms. The third kappa shape index (κ3) is 7.91. The molecular formula is C43H54N6O2. The van der Waals surface area contributed by atoms with E-state index in [9.17, 15) is 9.59 Å². The SMILES string of the molecule is C=Cc1c(C)c2cc3[nH]c(cc4nc(cc5nc(cc1[nH]2)C(C)=C5CCC(C)=O)C(CCC(=O)NCCN(C(C)C)C(C)C)=C4C)c(C)c3C=C. The van der Waals surface area contributed by atoms with Crippen LogP contribution >= 0.6 is 0 Å². The summed E-state index contributed by atoms with van der Waals surface area (Å²) in [4.78, 5) is 45.3. The average Bonchev–Trinajstić information content (AvgIpc) is 3.73. The number of hydrogen-bond donors (Lipinski definition) is 3. The third-order valence-electron chi connectivity index (χ3n) is 10.4. The van der Waals surface area contributed by atoms with Crippen LogP contribution in [0.5, 0.6) is 0 Å². The molecule has 8 bridgehead atoms. The average molecular weight is 687 g/mol. The fourth-order valence-electron chi connectivity index (χ4n) is 7.37. The van der Waals surface area contributed by atoms with Gasteiger partial charge >= 0.3 is 0 Å². The van der Waals surface area contributed by atoms with E-state index in [-0.39, 0.29) is 11.7 Å². The Bertz CT molecular complexity index is 2110. The molecule has 0 aromatic carbocycles. The van der Waals surface area contributed by atoms with Gasteiger partial charge < -0.3 is 20.1 Å². The van der Waals surface area contributed by atoms with Crippen LogP contribution in [0.3, 0.4) is 0 Å². The van der Waals surface area contributed by atoms with Crippen LogP contribution in [0.4, 0.5) is 0 Å². The lowest BCUT2D eigenvalue weighted by molar-refractivity contribution is -0.121. The van der Waals surface area contributed by atoms with Crippen molar-refractivity contribution in [2.24, 2.45) is 0 Å². The van der Waals surface area contributed by atoms with Gasteiger partial charge in [0.1, 0.15) is 5.78 Å². The molecule has 0 saturated carbocycles. The van der Waals surface area contributed by atoms with Crippen molar-refractivity contribution < 1.29 is 9.59 Å². The quantitative estimate of drug-likeness (QED) is 0.166. The van der Waals surface area contributed by atoms with Gasteiger partial charge in [0, 0.05) is 71.2 Å². The number of aromatic amines is 2. The maximum absolute atomic E-state index is 13.2. The van der Waals surface area contributed by atoms with Gasteiger partial charge in [0.25, 0.3) is 0 Å². The molecule has 51 heavy (non-hydrogen) atoms. The number of aromatic nitrogens is 4. The van der Waals surface area contributed by atoms with E-state index in [1.807, 2.05) is 18.2 Å². The first-order chi connectivity index (χ1) is 24.2. The van der Waals surface area contributed by atoms with Crippen LogP contribution in [0.1, 0.15) is 119 Å². The number of nitrogens with zero attached hydrogens (tertiary/aromatic N) is 3. The van der Waals surface area contributed by atoms with Gasteiger partial charge in [0.2, 0.25) is 5.91 Å². The van der Waals surface area contributed by atoms with Gasteiger partial charge in [-0.25, -0.2) is 9.97 Å². The molecule has 3 aromatic heterocycles. The first-order valence-electron chi connectivity index (χ1n) is 18.2. The normalized spacial score (nSPS) is 13.2. The molecule has 2 aliphatic rings. The zero-order chi connectivity index (χ0) is 37.1. The zero-order valence-corrected chi connectivity index (χ0v) is 31.9. The van der Waals surface area contributed by atoms with Crippen LogP contribution in [-0.2, 0) is 9.59 Å². The Morgan fingerprint density at radius 1 is 0.725 bits per heavy atom. The van der Waals surface area contributed by atoms with Gasteiger partial charge in [-0.05, 0) is 133 Å². The number of Topliss-reactive ketones (excluding diaryl/α,β-unsaturated/α-hetero) is 1. The third-order valence-corrected chi connectivity index (χ3v) is 10.4. The number of amides is 1. The van der Waals surface area contributed by atoms with Gasteiger partial charge in [0.05, 0.1) is 22.8 Å². The van der Waals surface area contributed by atoms with Gasteiger partial charge in [-0.3, -0.25) is 9.69 Å². The highest BCUT2D eigenvalue weighted by Gasteiger charge is 2.23. The highest BCUT2D eigenvalue weighted by molar-refractivity contribution is 5.97. The number of carbonyl (C=O) groups is 2. The maximum atomic E-state index is 13.2. The molecule has 1 amide bonds. The van der Waals surface area contributed by atoms with E-state index in [0.717, 1.165) is 95.9 Å². The summed E-state index contributed by atoms with van der Waals surface area (Å²) in [6, 6.07) is 9.15. The second kappa shape index (κ2) is 15.6. The molecule has 0 radical (unpaired) electrons. The van der Waals surface area contributed by atoms with Gasteiger partial charge in [0.15, 0.2) is 0 Å². The van der Waals surface area contributed by atoms with Crippen molar-refractivity contribution in [1.29, 1.82) is 0 Å². The molecule has 3 aromatic rings. The zero-order valence-electron chi connectivity index (χ0n) is 31.9. The lowest BCUT2D eigenvalue weighted by Crippen LogP contribution is -2.42. The minimum Gasteiger partial charge on any atom is -0.355 e.